The zero-order valence-corrected chi connectivity index (χ0v) is 14.3. The van der Waals surface area contributed by atoms with Crippen molar-refractivity contribution in [3.63, 3.8) is 0 Å². The van der Waals surface area contributed by atoms with E-state index >= 15 is 0 Å². The summed E-state index contributed by atoms with van der Waals surface area (Å²) >= 11 is 4.08. The molecule has 1 heterocycles. The fourth-order valence-corrected chi connectivity index (χ4v) is 2.02. The highest BCUT2D eigenvalue weighted by molar-refractivity contribution is 7.80. The molecule has 1 aromatic rings. The zero-order valence-electron chi connectivity index (χ0n) is 13.4. The molecule has 0 saturated carbocycles. The van der Waals surface area contributed by atoms with Crippen LogP contribution in [0.4, 0.5) is 5.69 Å². The Morgan fingerprint density at radius 1 is 1.29 bits per heavy atom. The lowest BCUT2D eigenvalue weighted by atomic mass is 10.2. The molecule has 0 spiro atoms. The van der Waals surface area contributed by atoms with Crippen LogP contribution in [-0.4, -0.2) is 29.8 Å². The van der Waals surface area contributed by atoms with Gasteiger partial charge in [-0.3, -0.25) is 9.59 Å². The number of hydrogen-bond donors (Lipinski definition) is 2. The van der Waals surface area contributed by atoms with Crippen molar-refractivity contribution in [3.05, 3.63) is 29.8 Å². The van der Waals surface area contributed by atoms with Gasteiger partial charge in [-0.2, -0.15) is 12.6 Å². The molecule has 1 N–H and O–H groups in total. The Morgan fingerprint density at radius 3 is 2.33 bits per heavy atom. The highest BCUT2D eigenvalue weighted by Crippen LogP contribution is 2.27. The summed E-state index contributed by atoms with van der Waals surface area (Å²) in [6.45, 7) is 8.58. The Kier molecular flexibility index (Phi) is 15.5. The van der Waals surface area contributed by atoms with Gasteiger partial charge in [0, 0.05) is 18.7 Å². The first-order valence-electron chi connectivity index (χ1n) is 7.31. The standard InChI is InChI=1S/C11H13NOS.2C2H6.CH2O2/c13-11(6-8-14)12-7-5-9-3-1-2-4-10(9)12;2*1-2;2-1-3/h1-4,14H,5-8H2;2*1-2H3;1H,(H,2,3). The van der Waals surface area contributed by atoms with Crippen LogP contribution in [0.25, 0.3) is 0 Å². The van der Waals surface area contributed by atoms with E-state index in [-0.39, 0.29) is 12.4 Å². The molecule has 0 aliphatic carbocycles. The largest absolute Gasteiger partial charge is 0.483 e. The van der Waals surface area contributed by atoms with Gasteiger partial charge in [0.05, 0.1) is 0 Å². The molecule has 0 unspecified atom stereocenters. The number of hydrogen-bond acceptors (Lipinski definition) is 3. The second-order valence-electron chi connectivity index (χ2n) is 3.50. The molecule has 5 heteroatoms. The number of carboxylic acid groups (broad SMARTS) is 1. The maximum Gasteiger partial charge on any atom is 0.290 e. The lowest BCUT2D eigenvalue weighted by molar-refractivity contribution is -0.123. The Labute approximate surface area is 133 Å². The van der Waals surface area contributed by atoms with Gasteiger partial charge < -0.3 is 10.0 Å². The molecule has 1 aliphatic heterocycles. The van der Waals surface area contributed by atoms with Gasteiger partial charge in [0.25, 0.3) is 6.47 Å². The number of anilines is 1. The lowest BCUT2D eigenvalue weighted by Gasteiger charge is -2.16. The predicted octanol–water partition coefficient (Wildman–Crippen LogP) is 3.65. The second kappa shape index (κ2) is 14.9. The maximum atomic E-state index is 11.7. The number of amides is 1. The van der Waals surface area contributed by atoms with Crippen molar-refractivity contribution >= 4 is 30.7 Å². The van der Waals surface area contributed by atoms with Crippen LogP contribution in [0, 0.1) is 0 Å². The molecule has 0 bridgehead atoms. The van der Waals surface area contributed by atoms with E-state index in [0.29, 0.717) is 12.2 Å². The SMILES string of the molecule is CC.CC.O=C(CCS)N1CCc2ccccc21.O=CO. The topological polar surface area (TPSA) is 57.6 Å². The fourth-order valence-electron chi connectivity index (χ4n) is 1.83. The number of nitrogens with zero attached hydrogens (tertiary/aromatic N) is 1. The van der Waals surface area contributed by atoms with Crippen molar-refractivity contribution < 1.29 is 14.7 Å². The number of fused-ring (bicyclic) bond motifs is 1. The van der Waals surface area contributed by atoms with Crippen LogP contribution in [0.3, 0.4) is 0 Å². The van der Waals surface area contributed by atoms with E-state index in [0.717, 1.165) is 18.7 Å². The summed E-state index contributed by atoms with van der Waals surface area (Å²) in [6, 6.07) is 8.10. The van der Waals surface area contributed by atoms with Crippen molar-refractivity contribution in [1.29, 1.82) is 0 Å². The van der Waals surface area contributed by atoms with E-state index in [1.807, 2.05) is 50.8 Å². The van der Waals surface area contributed by atoms with Crippen LogP contribution in [0.5, 0.6) is 0 Å². The maximum absolute atomic E-state index is 11.7. The highest BCUT2D eigenvalue weighted by Gasteiger charge is 2.22. The molecule has 1 amide bonds. The first kappa shape index (κ1) is 21.8. The number of rotatable bonds is 2. The fraction of sp³-hybridized carbons (Fsp3) is 0.500. The van der Waals surface area contributed by atoms with Gasteiger partial charge in [-0.1, -0.05) is 45.9 Å². The van der Waals surface area contributed by atoms with Gasteiger partial charge in [0.1, 0.15) is 0 Å². The third-order valence-corrected chi connectivity index (χ3v) is 2.74. The summed E-state index contributed by atoms with van der Waals surface area (Å²) in [7, 11) is 0. The molecule has 0 fully saturated rings. The highest BCUT2D eigenvalue weighted by atomic mass is 32.1. The number of benzene rings is 1. The Morgan fingerprint density at radius 2 is 1.81 bits per heavy atom. The predicted molar refractivity (Wildman–Crippen MR) is 92.4 cm³/mol. The van der Waals surface area contributed by atoms with E-state index in [1.165, 1.54) is 5.56 Å². The molecule has 1 aromatic carbocycles. The first-order valence-corrected chi connectivity index (χ1v) is 7.94. The molecule has 21 heavy (non-hydrogen) atoms. The average molecular weight is 313 g/mol. The minimum atomic E-state index is -0.250. The van der Waals surface area contributed by atoms with Gasteiger partial charge >= 0.3 is 0 Å². The van der Waals surface area contributed by atoms with Crippen LogP contribution < -0.4 is 4.90 Å². The second-order valence-corrected chi connectivity index (χ2v) is 3.95. The van der Waals surface area contributed by atoms with Crippen LogP contribution in [0.2, 0.25) is 0 Å². The van der Waals surface area contributed by atoms with Crippen LogP contribution in [0.15, 0.2) is 24.3 Å². The summed E-state index contributed by atoms with van der Waals surface area (Å²) in [5.41, 5.74) is 2.36. The van der Waals surface area contributed by atoms with Crippen molar-refractivity contribution in [2.75, 3.05) is 17.2 Å². The van der Waals surface area contributed by atoms with Crippen molar-refractivity contribution in [2.24, 2.45) is 0 Å². The molecule has 4 nitrogen and oxygen atoms in total. The Balaban J connectivity index is 0. The number of para-hydroxylation sites is 1. The molecule has 0 saturated heterocycles. The van der Waals surface area contributed by atoms with Gasteiger partial charge in [0.2, 0.25) is 5.91 Å². The molecule has 2 rings (SSSR count). The van der Waals surface area contributed by atoms with Gasteiger partial charge in [-0.15, -0.1) is 0 Å². The molecular formula is C16H27NO3S. The van der Waals surface area contributed by atoms with Gasteiger partial charge in [-0.05, 0) is 23.8 Å². The van der Waals surface area contributed by atoms with E-state index in [9.17, 15) is 4.79 Å². The minimum Gasteiger partial charge on any atom is -0.483 e. The van der Waals surface area contributed by atoms with E-state index in [1.54, 1.807) is 0 Å². The summed E-state index contributed by atoms with van der Waals surface area (Å²) in [5, 5.41) is 6.89. The smallest absolute Gasteiger partial charge is 0.290 e. The molecule has 0 radical (unpaired) electrons. The molecule has 1 aliphatic rings. The number of carbonyl (C=O) groups excluding carboxylic acids is 1. The number of carbonyl (C=O) groups is 2. The van der Waals surface area contributed by atoms with Gasteiger partial charge in [-0.25, -0.2) is 0 Å². The van der Waals surface area contributed by atoms with Crippen LogP contribution in [0.1, 0.15) is 39.7 Å². The molecule has 120 valence electrons. The molecular weight excluding hydrogens is 286 g/mol. The monoisotopic (exact) mass is 313 g/mol. The minimum absolute atomic E-state index is 0.185. The van der Waals surface area contributed by atoms with Crippen molar-refractivity contribution in [2.45, 2.75) is 40.5 Å². The average Bonchev–Trinajstić information content (AvgIpc) is 2.96. The zero-order chi connectivity index (χ0) is 16.7. The molecule has 0 atom stereocenters. The van der Waals surface area contributed by atoms with Gasteiger partial charge in [0.15, 0.2) is 0 Å². The summed E-state index contributed by atoms with van der Waals surface area (Å²) < 4.78 is 0. The third kappa shape index (κ3) is 7.75. The van der Waals surface area contributed by atoms with Crippen LogP contribution >= 0.6 is 12.6 Å². The first-order chi connectivity index (χ1) is 10.2. The summed E-state index contributed by atoms with van der Waals surface area (Å²) in [5.74, 6) is 0.808. The van der Waals surface area contributed by atoms with E-state index in [4.69, 9.17) is 9.90 Å². The number of thiol groups is 1. The van der Waals surface area contributed by atoms with E-state index < -0.39 is 0 Å². The van der Waals surface area contributed by atoms with E-state index in [2.05, 4.69) is 18.7 Å². The molecule has 0 aromatic heterocycles. The quantitative estimate of drug-likeness (QED) is 0.647. The lowest BCUT2D eigenvalue weighted by Crippen LogP contribution is -2.28. The summed E-state index contributed by atoms with van der Waals surface area (Å²) in [4.78, 5) is 21.9. The Bertz CT molecular complexity index is 397. The van der Waals surface area contributed by atoms with Crippen molar-refractivity contribution in [1.82, 2.24) is 0 Å². The van der Waals surface area contributed by atoms with Crippen LogP contribution in [-0.2, 0) is 16.0 Å². The third-order valence-electron chi connectivity index (χ3n) is 2.51. The summed E-state index contributed by atoms with van der Waals surface area (Å²) in [6.07, 6.45) is 1.51. The van der Waals surface area contributed by atoms with Crippen molar-refractivity contribution in [3.8, 4) is 0 Å². The normalized spacial score (nSPS) is 10.6. The Hall–Kier alpha value is -1.49.